The Kier molecular flexibility index (Phi) is 47.0. The zero-order chi connectivity index (χ0) is 54.7. The minimum Gasteiger partial charge on any atom is -0.479 e. The lowest BCUT2D eigenvalue weighted by Crippen LogP contribution is -2.61. The normalized spacial score (nSPS) is 18.7. The van der Waals surface area contributed by atoms with E-state index in [4.69, 9.17) is 23.7 Å². The Bertz CT molecular complexity index is 1580. The molecule has 12 nitrogen and oxygen atoms in total. The highest BCUT2D eigenvalue weighted by atomic mass is 16.7. The first-order valence-electron chi connectivity index (χ1n) is 29.9. The summed E-state index contributed by atoms with van der Waals surface area (Å²) in [5.74, 6) is -3.17. The van der Waals surface area contributed by atoms with Crippen LogP contribution in [0.1, 0.15) is 252 Å². The molecule has 75 heavy (non-hydrogen) atoms. The van der Waals surface area contributed by atoms with Gasteiger partial charge in [-0.1, -0.05) is 216 Å². The SMILES string of the molecule is CC/C=C\C/C=C\C/C=C\C/C=C\C/C=C\CCCCCC(=O)OCC(COC1OC(C(=O)O)C(O)C(O)C1OC(=O)CCCCCCCCCCCCCCC)OC(=O)CCCCCCC/C=C\CCCCCC. The molecule has 0 radical (unpaired) electrons. The number of ether oxygens (including phenoxy) is 5. The average Bonchev–Trinajstić information content (AvgIpc) is 3.39. The molecule has 430 valence electrons. The van der Waals surface area contributed by atoms with Gasteiger partial charge in [-0.25, -0.2) is 4.79 Å². The number of carboxylic acids is 1. The lowest BCUT2D eigenvalue weighted by atomic mass is 9.98. The first kappa shape index (κ1) is 69.2. The molecule has 6 unspecified atom stereocenters. The molecule has 0 aromatic carbocycles. The van der Waals surface area contributed by atoms with E-state index in [9.17, 15) is 34.5 Å². The molecule has 1 rings (SSSR count). The van der Waals surface area contributed by atoms with E-state index in [1.54, 1.807) is 0 Å². The molecule has 1 aliphatic heterocycles. The van der Waals surface area contributed by atoms with Gasteiger partial charge in [0.1, 0.15) is 18.8 Å². The van der Waals surface area contributed by atoms with Crippen molar-refractivity contribution < 1.29 is 58.2 Å². The van der Waals surface area contributed by atoms with Gasteiger partial charge >= 0.3 is 23.9 Å². The zero-order valence-electron chi connectivity index (χ0n) is 47.3. The fourth-order valence-corrected chi connectivity index (χ4v) is 8.68. The van der Waals surface area contributed by atoms with Crippen LogP contribution in [-0.2, 0) is 42.9 Å². The molecule has 1 aliphatic rings. The van der Waals surface area contributed by atoms with Crippen LogP contribution in [-0.4, -0.2) is 89.2 Å². The van der Waals surface area contributed by atoms with Crippen LogP contribution in [0.4, 0.5) is 0 Å². The number of allylic oxidation sites excluding steroid dienone is 12. The number of unbranched alkanes of at least 4 members (excludes halogenated alkanes) is 24. The van der Waals surface area contributed by atoms with Gasteiger partial charge in [-0.15, -0.1) is 0 Å². The summed E-state index contributed by atoms with van der Waals surface area (Å²) in [5.41, 5.74) is 0. The quantitative estimate of drug-likeness (QED) is 0.0228. The van der Waals surface area contributed by atoms with Crippen LogP contribution in [0, 0.1) is 0 Å². The molecule has 0 aromatic rings. The minimum absolute atomic E-state index is 0.0575. The van der Waals surface area contributed by atoms with E-state index in [0.29, 0.717) is 19.3 Å². The van der Waals surface area contributed by atoms with E-state index in [-0.39, 0.29) is 25.9 Å². The highest BCUT2D eigenvalue weighted by Crippen LogP contribution is 2.26. The van der Waals surface area contributed by atoms with Gasteiger partial charge < -0.3 is 39.0 Å². The summed E-state index contributed by atoms with van der Waals surface area (Å²) in [6, 6.07) is 0. The molecule has 0 aromatic heterocycles. The number of hydrogen-bond acceptors (Lipinski definition) is 11. The molecule has 3 N–H and O–H groups in total. The van der Waals surface area contributed by atoms with Crippen LogP contribution < -0.4 is 0 Å². The highest BCUT2D eigenvalue weighted by molar-refractivity contribution is 5.74. The molecule has 6 atom stereocenters. The van der Waals surface area contributed by atoms with Crippen LogP contribution in [0.15, 0.2) is 72.9 Å². The first-order chi connectivity index (χ1) is 36.6. The largest absolute Gasteiger partial charge is 0.479 e. The molecule has 0 bridgehead atoms. The third-order valence-corrected chi connectivity index (χ3v) is 13.3. The number of carbonyl (C=O) groups is 4. The summed E-state index contributed by atoms with van der Waals surface area (Å²) in [6.45, 7) is 5.83. The molecular formula is C63H106O12. The second-order valence-electron chi connectivity index (χ2n) is 20.3. The standard InChI is InChI=1S/C63H106O12/c1-4-7-10-13-16-19-22-25-26-27-28-29-30-33-34-37-40-43-46-49-55(64)71-52-54(73-56(65)50-47-44-41-38-35-31-23-20-17-14-11-8-5-2)53-72-63-61(59(68)58(67)60(75-63)62(69)70)74-57(66)51-48-45-42-39-36-32-24-21-18-15-12-9-6-3/h7,10,16,19-20,23,25-26,28-29,33-34,54,58-61,63,67-68H,4-6,8-9,11-15,17-18,21-22,24,27,30-32,35-53H2,1-3H3,(H,69,70)/b10-7-,19-16-,23-20-,26-25-,29-28-,34-33-. The van der Waals surface area contributed by atoms with Crippen molar-refractivity contribution >= 4 is 23.9 Å². The summed E-state index contributed by atoms with van der Waals surface area (Å²) in [5, 5.41) is 31.5. The number of aliphatic hydroxyl groups is 2. The van der Waals surface area contributed by atoms with Crippen molar-refractivity contribution in [1.29, 1.82) is 0 Å². The molecule has 0 saturated carbocycles. The van der Waals surface area contributed by atoms with Gasteiger partial charge in [-0.3, -0.25) is 14.4 Å². The maximum absolute atomic E-state index is 13.1. The van der Waals surface area contributed by atoms with Crippen LogP contribution in [0.2, 0.25) is 0 Å². The number of aliphatic carboxylic acids is 1. The molecule has 1 saturated heterocycles. The smallest absolute Gasteiger partial charge is 0.335 e. The van der Waals surface area contributed by atoms with Crippen molar-refractivity contribution in [2.45, 2.75) is 289 Å². The number of esters is 3. The van der Waals surface area contributed by atoms with Crippen LogP contribution >= 0.6 is 0 Å². The Labute approximate surface area is 455 Å². The summed E-state index contributed by atoms with van der Waals surface area (Å²) < 4.78 is 28.4. The lowest BCUT2D eigenvalue weighted by molar-refractivity contribution is -0.301. The Hall–Kier alpha value is -3.84. The number of hydrogen-bond donors (Lipinski definition) is 3. The summed E-state index contributed by atoms with van der Waals surface area (Å²) in [4.78, 5) is 51.1. The minimum atomic E-state index is -1.91. The van der Waals surface area contributed by atoms with Gasteiger partial charge in [0.05, 0.1) is 6.61 Å². The number of carbonyl (C=O) groups excluding carboxylic acids is 3. The fraction of sp³-hybridized carbons (Fsp3) is 0.746. The fourth-order valence-electron chi connectivity index (χ4n) is 8.68. The van der Waals surface area contributed by atoms with Crippen molar-refractivity contribution in [3.63, 3.8) is 0 Å². The number of rotatable bonds is 50. The number of carboxylic acid groups (broad SMARTS) is 1. The van der Waals surface area contributed by atoms with Gasteiger partial charge in [0.15, 0.2) is 24.6 Å². The molecule has 0 aliphatic carbocycles. The molecule has 1 heterocycles. The predicted octanol–water partition coefficient (Wildman–Crippen LogP) is 15.3. The average molecular weight is 1060 g/mol. The summed E-state index contributed by atoms with van der Waals surface area (Å²) in [7, 11) is 0. The van der Waals surface area contributed by atoms with E-state index in [1.165, 1.54) is 77.0 Å². The Morgan fingerprint density at radius 1 is 0.453 bits per heavy atom. The Morgan fingerprint density at radius 2 is 0.840 bits per heavy atom. The van der Waals surface area contributed by atoms with Crippen molar-refractivity contribution in [1.82, 2.24) is 0 Å². The topological polar surface area (TPSA) is 175 Å². The maximum atomic E-state index is 13.1. The number of aliphatic hydroxyl groups excluding tert-OH is 2. The van der Waals surface area contributed by atoms with Gasteiger partial charge in [0.2, 0.25) is 0 Å². The molecule has 0 spiro atoms. The van der Waals surface area contributed by atoms with Crippen LogP contribution in [0.25, 0.3) is 0 Å². The maximum Gasteiger partial charge on any atom is 0.335 e. The molecular weight excluding hydrogens is 949 g/mol. The molecule has 12 heteroatoms. The Morgan fingerprint density at radius 3 is 1.32 bits per heavy atom. The third-order valence-electron chi connectivity index (χ3n) is 13.3. The van der Waals surface area contributed by atoms with E-state index in [2.05, 4.69) is 93.7 Å². The van der Waals surface area contributed by atoms with E-state index >= 15 is 0 Å². The first-order valence-corrected chi connectivity index (χ1v) is 29.9. The summed E-state index contributed by atoms with van der Waals surface area (Å²) >= 11 is 0. The van der Waals surface area contributed by atoms with Crippen molar-refractivity contribution in [2.75, 3.05) is 13.2 Å². The second-order valence-corrected chi connectivity index (χ2v) is 20.3. The van der Waals surface area contributed by atoms with Gasteiger partial charge in [0.25, 0.3) is 0 Å². The van der Waals surface area contributed by atoms with Gasteiger partial charge in [-0.05, 0) is 89.9 Å². The van der Waals surface area contributed by atoms with Crippen molar-refractivity contribution in [2.24, 2.45) is 0 Å². The van der Waals surface area contributed by atoms with Gasteiger partial charge in [-0.2, -0.15) is 0 Å². The second kappa shape index (κ2) is 50.9. The van der Waals surface area contributed by atoms with Crippen molar-refractivity contribution in [3.8, 4) is 0 Å². The van der Waals surface area contributed by atoms with E-state index in [1.807, 2.05) is 0 Å². The summed E-state index contributed by atoms with van der Waals surface area (Å²) in [6.07, 6.45) is 51.6. The predicted molar refractivity (Wildman–Crippen MR) is 303 cm³/mol. The Balaban J connectivity index is 2.71. The van der Waals surface area contributed by atoms with Gasteiger partial charge in [0, 0.05) is 19.3 Å². The molecule has 0 amide bonds. The highest BCUT2D eigenvalue weighted by Gasteiger charge is 2.50. The molecule has 1 fully saturated rings. The van der Waals surface area contributed by atoms with Crippen LogP contribution in [0.3, 0.4) is 0 Å². The zero-order valence-corrected chi connectivity index (χ0v) is 47.3. The third kappa shape index (κ3) is 41.0. The van der Waals surface area contributed by atoms with E-state index in [0.717, 1.165) is 116 Å². The van der Waals surface area contributed by atoms with Crippen molar-refractivity contribution in [3.05, 3.63) is 72.9 Å². The van der Waals surface area contributed by atoms with Crippen LogP contribution in [0.5, 0.6) is 0 Å². The van der Waals surface area contributed by atoms with E-state index < -0.39 is 67.3 Å². The lowest BCUT2D eigenvalue weighted by Gasteiger charge is -2.40. The monoisotopic (exact) mass is 1050 g/mol.